The van der Waals surface area contributed by atoms with E-state index in [0.29, 0.717) is 18.7 Å². The zero-order chi connectivity index (χ0) is 20.1. The maximum atomic E-state index is 14.1. The van der Waals surface area contributed by atoms with E-state index in [4.69, 9.17) is 4.74 Å². The summed E-state index contributed by atoms with van der Waals surface area (Å²) in [6.07, 6.45) is -0.425. The number of ether oxygens (including phenoxy) is 1. The second-order valence-electron chi connectivity index (χ2n) is 7.14. The summed E-state index contributed by atoms with van der Waals surface area (Å²) in [6, 6.07) is 15.6. The minimum atomic E-state index is -0.609. The van der Waals surface area contributed by atoms with Crippen LogP contribution in [0.1, 0.15) is 30.6 Å². The van der Waals surface area contributed by atoms with Crippen molar-refractivity contribution in [2.45, 2.75) is 32.0 Å². The van der Waals surface area contributed by atoms with Gasteiger partial charge in [0.15, 0.2) is 0 Å². The van der Waals surface area contributed by atoms with Crippen molar-refractivity contribution in [3.05, 3.63) is 71.5 Å². The van der Waals surface area contributed by atoms with Gasteiger partial charge < -0.3 is 15.0 Å². The van der Waals surface area contributed by atoms with Crippen LogP contribution in [0.5, 0.6) is 0 Å². The van der Waals surface area contributed by atoms with E-state index in [-0.39, 0.29) is 24.1 Å². The fourth-order valence-electron chi connectivity index (χ4n) is 3.63. The molecule has 0 saturated carbocycles. The highest BCUT2D eigenvalue weighted by Gasteiger charge is 2.35. The molecule has 0 bridgehead atoms. The van der Waals surface area contributed by atoms with E-state index < -0.39 is 18.1 Å². The topological polar surface area (TPSA) is 58.6 Å². The first-order valence-electron chi connectivity index (χ1n) is 9.39. The molecular weight excluding hydrogens is 359 g/mol. The number of hydrogen-bond acceptors (Lipinski definition) is 3. The summed E-state index contributed by atoms with van der Waals surface area (Å²) in [5.41, 5.74) is 1.43. The lowest BCUT2D eigenvalue weighted by atomic mass is 10.0. The maximum Gasteiger partial charge on any atom is 0.225 e. The number of carbonyl (C=O) groups is 2. The number of benzene rings is 2. The lowest BCUT2D eigenvalue weighted by Crippen LogP contribution is -2.42. The first-order valence-corrected chi connectivity index (χ1v) is 9.39. The van der Waals surface area contributed by atoms with Crippen molar-refractivity contribution >= 4 is 11.8 Å². The van der Waals surface area contributed by atoms with Crippen LogP contribution in [-0.4, -0.2) is 36.4 Å². The van der Waals surface area contributed by atoms with Gasteiger partial charge in [0.2, 0.25) is 11.8 Å². The molecule has 0 spiro atoms. The monoisotopic (exact) mass is 384 g/mol. The Morgan fingerprint density at radius 1 is 1.21 bits per heavy atom. The average molecular weight is 384 g/mol. The zero-order valence-electron chi connectivity index (χ0n) is 16.1. The van der Waals surface area contributed by atoms with E-state index in [1.165, 1.54) is 13.2 Å². The molecule has 28 heavy (non-hydrogen) atoms. The van der Waals surface area contributed by atoms with Crippen LogP contribution in [0.4, 0.5) is 4.39 Å². The van der Waals surface area contributed by atoms with E-state index in [2.05, 4.69) is 5.32 Å². The summed E-state index contributed by atoms with van der Waals surface area (Å²) in [5.74, 6) is -1.04. The Balaban J connectivity index is 1.61. The van der Waals surface area contributed by atoms with Crippen molar-refractivity contribution < 1.29 is 18.7 Å². The molecule has 1 heterocycles. The molecule has 5 nitrogen and oxygen atoms in total. The lowest BCUT2D eigenvalue weighted by molar-refractivity contribution is -0.129. The molecule has 1 aliphatic rings. The van der Waals surface area contributed by atoms with E-state index in [0.717, 1.165) is 5.56 Å². The number of rotatable bonds is 7. The average Bonchev–Trinajstić information content (AvgIpc) is 3.05. The fourth-order valence-corrected chi connectivity index (χ4v) is 3.63. The van der Waals surface area contributed by atoms with Crippen LogP contribution in [0.15, 0.2) is 54.6 Å². The van der Waals surface area contributed by atoms with Gasteiger partial charge in [-0.2, -0.15) is 0 Å². The summed E-state index contributed by atoms with van der Waals surface area (Å²) < 4.78 is 19.5. The molecule has 0 aromatic heterocycles. The molecular formula is C22H25FN2O3. The first-order chi connectivity index (χ1) is 13.5. The number of methoxy groups -OCH3 is 1. The maximum absolute atomic E-state index is 14.1. The number of likely N-dealkylation sites (tertiary alicyclic amines) is 1. The number of amides is 2. The van der Waals surface area contributed by atoms with Crippen molar-refractivity contribution in [1.29, 1.82) is 0 Å². The molecule has 2 aromatic carbocycles. The molecule has 3 rings (SSSR count). The van der Waals surface area contributed by atoms with Gasteiger partial charge in [-0.3, -0.25) is 9.59 Å². The van der Waals surface area contributed by atoms with Crippen molar-refractivity contribution in [1.82, 2.24) is 10.2 Å². The van der Waals surface area contributed by atoms with Gasteiger partial charge in [0.05, 0.1) is 12.0 Å². The summed E-state index contributed by atoms with van der Waals surface area (Å²) in [5, 5.41) is 2.89. The van der Waals surface area contributed by atoms with Gasteiger partial charge in [-0.05, 0) is 18.6 Å². The minimum absolute atomic E-state index is 0.0333. The third kappa shape index (κ3) is 4.57. The van der Waals surface area contributed by atoms with Crippen LogP contribution in [-0.2, 0) is 20.9 Å². The molecule has 0 unspecified atom stereocenters. The van der Waals surface area contributed by atoms with Crippen molar-refractivity contribution in [3.8, 4) is 0 Å². The third-order valence-electron chi connectivity index (χ3n) is 5.09. The van der Waals surface area contributed by atoms with Gasteiger partial charge in [0.1, 0.15) is 11.9 Å². The van der Waals surface area contributed by atoms with Gasteiger partial charge in [-0.15, -0.1) is 0 Å². The van der Waals surface area contributed by atoms with Crippen LogP contribution in [0.3, 0.4) is 0 Å². The highest BCUT2D eigenvalue weighted by Crippen LogP contribution is 2.25. The predicted octanol–water partition coefficient (Wildman–Crippen LogP) is 3.07. The Bertz CT molecular complexity index is 828. The van der Waals surface area contributed by atoms with Gasteiger partial charge >= 0.3 is 0 Å². The predicted molar refractivity (Wildman–Crippen MR) is 104 cm³/mol. The molecule has 0 radical (unpaired) electrons. The third-order valence-corrected chi connectivity index (χ3v) is 5.09. The second-order valence-corrected chi connectivity index (χ2v) is 7.14. The molecule has 2 aromatic rings. The molecule has 1 fully saturated rings. The van der Waals surface area contributed by atoms with Gasteiger partial charge in [0, 0.05) is 32.2 Å². The second kappa shape index (κ2) is 8.97. The summed E-state index contributed by atoms with van der Waals surface area (Å²) >= 11 is 0. The molecule has 1 aliphatic heterocycles. The van der Waals surface area contributed by atoms with Crippen LogP contribution >= 0.6 is 0 Å². The Morgan fingerprint density at radius 3 is 2.57 bits per heavy atom. The van der Waals surface area contributed by atoms with Crippen LogP contribution in [0.2, 0.25) is 0 Å². The molecule has 0 aliphatic carbocycles. The fraction of sp³-hybridized carbons (Fsp3) is 0.364. The standard InChI is InChI=1S/C22H25FN2O3/c1-15(21(28-2)18-10-6-7-11-19(18)23)24-22(27)17-12-20(26)25(14-17)13-16-8-4-3-5-9-16/h3-11,15,17,21H,12-14H2,1-2H3,(H,24,27)/t15-,17+,21-/m0/s1. The van der Waals surface area contributed by atoms with E-state index in [1.807, 2.05) is 30.3 Å². The SMILES string of the molecule is CO[C@H](c1ccccc1F)[C@H](C)NC(=O)[C@@H]1CC(=O)N(Cc2ccccc2)C1. The van der Waals surface area contributed by atoms with Gasteiger partial charge in [-0.1, -0.05) is 48.5 Å². The van der Waals surface area contributed by atoms with Crippen LogP contribution < -0.4 is 5.32 Å². The largest absolute Gasteiger partial charge is 0.375 e. The number of nitrogens with one attached hydrogen (secondary N) is 1. The molecule has 3 atom stereocenters. The van der Waals surface area contributed by atoms with Gasteiger partial charge in [-0.25, -0.2) is 4.39 Å². The summed E-state index contributed by atoms with van der Waals surface area (Å²) in [4.78, 5) is 26.7. The Morgan fingerprint density at radius 2 is 1.89 bits per heavy atom. The van der Waals surface area contributed by atoms with E-state index in [9.17, 15) is 14.0 Å². The molecule has 148 valence electrons. The summed E-state index contributed by atoms with van der Waals surface area (Å²) in [7, 11) is 1.49. The number of hydrogen-bond donors (Lipinski definition) is 1. The Hall–Kier alpha value is -2.73. The van der Waals surface area contributed by atoms with E-state index in [1.54, 1.807) is 30.0 Å². The molecule has 2 amide bonds. The number of halogens is 1. The van der Waals surface area contributed by atoms with Crippen LogP contribution in [0, 0.1) is 11.7 Å². The molecule has 1 N–H and O–H groups in total. The highest BCUT2D eigenvalue weighted by molar-refractivity contribution is 5.89. The molecule has 1 saturated heterocycles. The van der Waals surface area contributed by atoms with Crippen molar-refractivity contribution in [2.75, 3.05) is 13.7 Å². The lowest BCUT2D eigenvalue weighted by Gasteiger charge is -2.25. The van der Waals surface area contributed by atoms with Gasteiger partial charge in [0.25, 0.3) is 0 Å². The van der Waals surface area contributed by atoms with Crippen molar-refractivity contribution in [2.24, 2.45) is 5.92 Å². The number of nitrogens with zero attached hydrogens (tertiary/aromatic N) is 1. The molecule has 6 heteroatoms. The Labute approximate surface area is 164 Å². The quantitative estimate of drug-likeness (QED) is 0.798. The zero-order valence-corrected chi connectivity index (χ0v) is 16.1. The summed E-state index contributed by atoms with van der Waals surface area (Å²) in [6.45, 7) is 2.65. The van der Waals surface area contributed by atoms with Crippen molar-refractivity contribution in [3.63, 3.8) is 0 Å². The normalized spacial score (nSPS) is 18.8. The smallest absolute Gasteiger partial charge is 0.225 e. The number of carbonyl (C=O) groups excluding carboxylic acids is 2. The van der Waals surface area contributed by atoms with E-state index >= 15 is 0 Å². The van der Waals surface area contributed by atoms with Crippen LogP contribution in [0.25, 0.3) is 0 Å². The Kier molecular flexibility index (Phi) is 6.41. The highest BCUT2D eigenvalue weighted by atomic mass is 19.1. The first kappa shape index (κ1) is 20.0. The minimum Gasteiger partial charge on any atom is -0.375 e.